The number of nitrogens with one attached hydrogen (secondary N) is 1. The summed E-state index contributed by atoms with van der Waals surface area (Å²) in [7, 11) is 0. The average molecular weight is 410 g/mol. The molecule has 0 aliphatic carbocycles. The van der Waals surface area contributed by atoms with Gasteiger partial charge in [0.1, 0.15) is 11.6 Å². The molecule has 1 saturated heterocycles. The summed E-state index contributed by atoms with van der Waals surface area (Å²) in [6, 6.07) is 12.9. The second-order valence-electron chi connectivity index (χ2n) is 7.29. The number of carbonyl (C=O) groups excluding carboxylic acids is 1. The van der Waals surface area contributed by atoms with E-state index in [1.54, 1.807) is 4.90 Å². The van der Waals surface area contributed by atoms with Gasteiger partial charge in [0.15, 0.2) is 12.4 Å². The molecule has 0 radical (unpaired) electrons. The smallest absolute Gasteiger partial charge is 0.322 e. The molecule has 1 aromatic heterocycles. The predicted molar refractivity (Wildman–Crippen MR) is 109 cm³/mol. The molecule has 1 N–H and O–H groups in total. The number of amides is 2. The van der Waals surface area contributed by atoms with Crippen molar-refractivity contribution in [3.8, 4) is 5.75 Å². The van der Waals surface area contributed by atoms with E-state index >= 15 is 0 Å². The van der Waals surface area contributed by atoms with Crippen LogP contribution >= 0.6 is 0 Å². The van der Waals surface area contributed by atoms with Crippen LogP contribution in [0.15, 0.2) is 53.1 Å². The summed E-state index contributed by atoms with van der Waals surface area (Å²) in [4.78, 5) is 19.1. The van der Waals surface area contributed by atoms with Gasteiger partial charge >= 0.3 is 6.03 Å². The fourth-order valence-corrected chi connectivity index (χ4v) is 3.50. The molecule has 2 amide bonds. The Kier molecular flexibility index (Phi) is 5.92. The number of aryl methyl sites for hydroxylation is 1. The van der Waals surface area contributed by atoms with E-state index in [0.29, 0.717) is 24.0 Å². The van der Waals surface area contributed by atoms with Gasteiger partial charge in [-0.2, -0.15) is 4.98 Å². The highest BCUT2D eigenvalue weighted by molar-refractivity contribution is 5.89. The Labute approximate surface area is 173 Å². The minimum atomic E-state index is -0.330. The Bertz CT molecular complexity index is 1010. The summed E-state index contributed by atoms with van der Waals surface area (Å²) >= 11 is 0. The van der Waals surface area contributed by atoms with Gasteiger partial charge in [-0.05, 0) is 68.1 Å². The molecule has 156 valence electrons. The summed E-state index contributed by atoms with van der Waals surface area (Å²) in [6.07, 6.45) is 2.67. The predicted octanol–water partition coefficient (Wildman–Crippen LogP) is 4.86. The zero-order valence-corrected chi connectivity index (χ0v) is 16.7. The molecule has 0 spiro atoms. The third-order valence-corrected chi connectivity index (χ3v) is 4.99. The maximum atomic E-state index is 13.0. The van der Waals surface area contributed by atoms with Crippen molar-refractivity contribution in [3.63, 3.8) is 0 Å². The van der Waals surface area contributed by atoms with Gasteiger partial charge < -0.3 is 19.5 Å². The molecule has 1 atom stereocenters. The Morgan fingerprint density at radius 1 is 1.27 bits per heavy atom. The van der Waals surface area contributed by atoms with E-state index in [1.807, 2.05) is 31.2 Å². The number of likely N-dealkylation sites (tertiary alicyclic amines) is 1. The number of halogens is 1. The number of carbonyl (C=O) groups is 1. The minimum absolute atomic E-state index is 0.0703. The molecule has 1 aliphatic heterocycles. The van der Waals surface area contributed by atoms with E-state index in [2.05, 4.69) is 15.5 Å². The lowest BCUT2D eigenvalue weighted by Crippen LogP contribution is -2.41. The van der Waals surface area contributed by atoms with E-state index in [9.17, 15) is 9.18 Å². The third kappa shape index (κ3) is 4.76. The fourth-order valence-electron chi connectivity index (χ4n) is 3.50. The maximum absolute atomic E-state index is 13.0. The van der Waals surface area contributed by atoms with Crippen LogP contribution in [0.1, 0.15) is 42.6 Å². The summed E-state index contributed by atoms with van der Waals surface area (Å²) in [5.74, 6) is 0.947. The molecule has 7 nitrogen and oxygen atoms in total. The number of ether oxygens (including phenoxy) is 1. The number of urea groups is 1. The van der Waals surface area contributed by atoms with Gasteiger partial charge in [-0.3, -0.25) is 0 Å². The quantitative estimate of drug-likeness (QED) is 0.650. The van der Waals surface area contributed by atoms with Gasteiger partial charge in [-0.1, -0.05) is 17.3 Å². The van der Waals surface area contributed by atoms with Crippen LogP contribution in [-0.2, 0) is 6.61 Å². The van der Waals surface area contributed by atoms with Gasteiger partial charge in [0.2, 0.25) is 0 Å². The Morgan fingerprint density at radius 2 is 2.10 bits per heavy atom. The lowest BCUT2D eigenvalue weighted by molar-refractivity contribution is 0.157. The zero-order valence-electron chi connectivity index (χ0n) is 16.7. The zero-order chi connectivity index (χ0) is 20.9. The van der Waals surface area contributed by atoms with Crippen molar-refractivity contribution >= 4 is 11.7 Å². The molecule has 1 fully saturated rings. The minimum Gasteiger partial charge on any atom is -0.484 e. The van der Waals surface area contributed by atoms with E-state index < -0.39 is 0 Å². The molecule has 0 bridgehead atoms. The first kappa shape index (κ1) is 19.9. The van der Waals surface area contributed by atoms with Gasteiger partial charge in [-0.15, -0.1) is 0 Å². The number of anilines is 1. The van der Waals surface area contributed by atoms with E-state index in [-0.39, 0.29) is 24.5 Å². The molecule has 4 rings (SSSR count). The van der Waals surface area contributed by atoms with Gasteiger partial charge in [-0.25, -0.2) is 9.18 Å². The molecule has 2 aromatic carbocycles. The normalized spacial score (nSPS) is 16.3. The van der Waals surface area contributed by atoms with Crippen molar-refractivity contribution in [1.29, 1.82) is 0 Å². The van der Waals surface area contributed by atoms with Crippen LogP contribution in [0.25, 0.3) is 0 Å². The maximum Gasteiger partial charge on any atom is 0.322 e. The summed E-state index contributed by atoms with van der Waals surface area (Å²) in [5.41, 5.74) is 1.83. The third-order valence-electron chi connectivity index (χ3n) is 4.99. The molecule has 1 aliphatic rings. The molecule has 8 heteroatoms. The van der Waals surface area contributed by atoms with E-state index in [1.165, 1.54) is 24.3 Å². The van der Waals surface area contributed by atoms with Crippen molar-refractivity contribution in [2.24, 2.45) is 0 Å². The molecule has 1 unspecified atom stereocenters. The molecule has 30 heavy (non-hydrogen) atoms. The monoisotopic (exact) mass is 410 g/mol. The number of nitrogens with zero attached hydrogens (tertiary/aromatic N) is 3. The number of hydrogen-bond donors (Lipinski definition) is 1. The van der Waals surface area contributed by atoms with Crippen molar-refractivity contribution in [3.05, 3.63) is 71.6 Å². The largest absolute Gasteiger partial charge is 0.484 e. The van der Waals surface area contributed by atoms with Crippen molar-refractivity contribution in [2.75, 3.05) is 11.9 Å². The van der Waals surface area contributed by atoms with Crippen LogP contribution in [0.2, 0.25) is 0 Å². The highest BCUT2D eigenvalue weighted by Crippen LogP contribution is 2.30. The second-order valence-corrected chi connectivity index (χ2v) is 7.29. The molecule has 0 saturated carbocycles. The lowest BCUT2D eigenvalue weighted by atomic mass is 10.0. The summed E-state index contributed by atoms with van der Waals surface area (Å²) in [5, 5.41) is 7.03. The van der Waals surface area contributed by atoms with Gasteiger partial charge in [0.05, 0.1) is 6.04 Å². The van der Waals surface area contributed by atoms with Crippen LogP contribution in [0.4, 0.5) is 14.9 Å². The van der Waals surface area contributed by atoms with Crippen molar-refractivity contribution in [1.82, 2.24) is 15.0 Å². The van der Waals surface area contributed by atoms with E-state index in [4.69, 9.17) is 9.26 Å². The topological polar surface area (TPSA) is 80.5 Å². The Hall–Kier alpha value is -3.42. The standard InChI is InChI=1S/C22H23FN4O3/c1-15-5-4-6-17(13-15)24-22(28)27-12-3-2-7-19(27)21-25-20(30-26-21)14-29-18-10-8-16(23)9-11-18/h4-6,8-11,13,19H,2-3,7,12,14H2,1H3,(H,24,28). The lowest BCUT2D eigenvalue weighted by Gasteiger charge is -2.33. The van der Waals surface area contributed by atoms with Crippen LogP contribution < -0.4 is 10.1 Å². The molecule has 3 aromatic rings. The first-order valence-corrected chi connectivity index (χ1v) is 9.93. The summed E-state index contributed by atoms with van der Waals surface area (Å²) in [6.45, 7) is 2.67. The van der Waals surface area contributed by atoms with Crippen LogP contribution in [0.3, 0.4) is 0 Å². The number of piperidine rings is 1. The SMILES string of the molecule is Cc1cccc(NC(=O)N2CCCCC2c2noc(COc3ccc(F)cc3)n2)c1. The Morgan fingerprint density at radius 3 is 2.90 bits per heavy atom. The van der Waals surface area contributed by atoms with Gasteiger partial charge in [0, 0.05) is 12.2 Å². The number of aromatic nitrogens is 2. The Balaban J connectivity index is 1.42. The van der Waals surface area contributed by atoms with Crippen molar-refractivity contribution in [2.45, 2.75) is 38.8 Å². The van der Waals surface area contributed by atoms with Crippen LogP contribution in [0.5, 0.6) is 5.75 Å². The summed E-state index contributed by atoms with van der Waals surface area (Å²) < 4.78 is 23.8. The highest BCUT2D eigenvalue weighted by atomic mass is 19.1. The highest BCUT2D eigenvalue weighted by Gasteiger charge is 2.31. The fraction of sp³-hybridized carbons (Fsp3) is 0.318. The first-order chi connectivity index (χ1) is 14.6. The number of rotatable bonds is 5. The van der Waals surface area contributed by atoms with Crippen molar-refractivity contribution < 1.29 is 18.4 Å². The molecular weight excluding hydrogens is 387 g/mol. The number of hydrogen-bond acceptors (Lipinski definition) is 5. The average Bonchev–Trinajstić information content (AvgIpc) is 3.22. The van der Waals surface area contributed by atoms with Crippen LogP contribution in [-0.4, -0.2) is 27.6 Å². The number of benzene rings is 2. The van der Waals surface area contributed by atoms with Gasteiger partial charge in [0.25, 0.3) is 5.89 Å². The molecular formula is C22H23FN4O3. The van der Waals surface area contributed by atoms with Crippen LogP contribution in [0, 0.1) is 12.7 Å². The first-order valence-electron chi connectivity index (χ1n) is 9.93. The second kappa shape index (κ2) is 8.94. The van der Waals surface area contributed by atoms with E-state index in [0.717, 1.165) is 30.5 Å². The molecule has 2 heterocycles.